The number of carbonyl (C=O) groups excluding carboxylic acids is 1. The lowest BCUT2D eigenvalue weighted by molar-refractivity contribution is 0.0767. The summed E-state index contributed by atoms with van der Waals surface area (Å²) in [6, 6.07) is 9.59. The van der Waals surface area contributed by atoms with Gasteiger partial charge in [-0.15, -0.1) is 0 Å². The first-order chi connectivity index (χ1) is 12.7. The van der Waals surface area contributed by atoms with E-state index in [2.05, 4.69) is 19.9 Å². The van der Waals surface area contributed by atoms with Crippen molar-refractivity contribution in [3.05, 3.63) is 60.2 Å². The minimum atomic E-state index is 0.0773. The molecule has 0 saturated carbocycles. The average molecular weight is 347 g/mol. The molecule has 1 amide bonds. The predicted molar refractivity (Wildman–Crippen MR) is 101 cm³/mol. The van der Waals surface area contributed by atoms with Crippen LogP contribution < -0.4 is 4.90 Å². The number of rotatable bonds is 2. The summed E-state index contributed by atoms with van der Waals surface area (Å²) >= 11 is 0. The van der Waals surface area contributed by atoms with Crippen LogP contribution in [-0.2, 0) is 0 Å². The van der Waals surface area contributed by atoms with Crippen molar-refractivity contribution in [2.45, 2.75) is 13.3 Å². The van der Waals surface area contributed by atoms with Crippen molar-refractivity contribution in [2.75, 3.05) is 31.1 Å². The van der Waals surface area contributed by atoms with E-state index in [0.29, 0.717) is 6.54 Å². The van der Waals surface area contributed by atoms with Crippen LogP contribution >= 0.6 is 0 Å². The van der Waals surface area contributed by atoms with E-state index in [1.807, 2.05) is 42.2 Å². The van der Waals surface area contributed by atoms with Gasteiger partial charge in [-0.1, -0.05) is 6.07 Å². The summed E-state index contributed by atoms with van der Waals surface area (Å²) in [7, 11) is 0. The second kappa shape index (κ2) is 7.07. The molecule has 0 unspecified atom stereocenters. The first-order valence-corrected chi connectivity index (χ1v) is 8.89. The van der Waals surface area contributed by atoms with Crippen LogP contribution in [0.15, 0.2) is 48.9 Å². The minimum Gasteiger partial charge on any atom is -0.353 e. The Morgan fingerprint density at radius 1 is 0.962 bits per heavy atom. The molecule has 6 heteroatoms. The van der Waals surface area contributed by atoms with Crippen molar-refractivity contribution in [2.24, 2.45) is 0 Å². The summed E-state index contributed by atoms with van der Waals surface area (Å²) in [6.45, 7) is 5.05. The second-order valence-corrected chi connectivity index (χ2v) is 6.51. The summed E-state index contributed by atoms with van der Waals surface area (Å²) < 4.78 is 0. The molecular formula is C20H21N5O. The minimum absolute atomic E-state index is 0.0773. The lowest BCUT2D eigenvalue weighted by Crippen LogP contribution is -2.35. The Morgan fingerprint density at radius 3 is 2.73 bits per heavy atom. The van der Waals surface area contributed by atoms with Gasteiger partial charge in [0.15, 0.2) is 0 Å². The van der Waals surface area contributed by atoms with E-state index >= 15 is 0 Å². The highest BCUT2D eigenvalue weighted by atomic mass is 16.2. The van der Waals surface area contributed by atoms with E-state index < -0.39 is 0 Å². The second-order valence-electron chi connectivity index (χ2n) is 6.51. The summed E-state index contributed by atoms with van der Waals surface area (Å²) in [5, 5.41) is 0.991. The van der Waals surface area contributed by atoms with Crippen molar-refractivity contribution in [3.63, 3.8) is 0 Å². The fourth-order valence-electron chi connectivity index (χ4n) is 3.43. The maximum Gasteiger partial charge on any atom is 0.253 e. The monoisotopic (exact) mass is 347 g/mol. The number of pyridine rings is 1. The van der Waals surface area contributed by atoms with Gasteiger partial charge in [0, 0.05) is 55.7 Å². The third-order valence-electron chi connectivity index (χ3n) is 4.79. The normalized spacial score (nSPS) is 15.1. The van der Waals surface area contributed by atoms with Crippen molar-refractivity contribution in [1.29, 1.82) is 0 Å². The smallest absolute Gasteiger partial charge is 0.253 e. The lowest BCUT2D eigenvalue weighted by Gasteiger charge is -2.23. The number of hydrogen-bond acceptors (Lipinski definition) is 5. The Labute approximate surface area is 152 Å². The molecule has 0 spiro atoms. The van der Waals surface area contributed by atoms with Crippen LogP contribution in [0.4, 0.5) is 5.82 Å². The predicted octanol–water partition coefficient (Wildman–Crippen LogP) is 2.69. The van der Waals surface area contributed by atoms with Gasteiger partial charge >= 0.3 is 0 Å². The molecule has 1 saturated heterocycles. The number of fused-ring (bicyclic) bond motifs is 1. The number of anilines is 1. The topological polar surface area (TPSA) is 62.2 Å². The van der Waals surface area contributed by atoms with Gasteiger partial charge in [0.05, 0.1) is 11.2 Å². The van der Waals surface area contributed by atoms with Gasteiger partial charge in [-0.3, -0.25) is 14.8 Å². The van der Waals surface area contributed by atoms with Crippen LogP contribution in [0.3, 0.4) is 0 Å². The highest BCUT2D eigenvalue weighted by Crippen LogP contribution is 2.19. The summed E-state index contributed by atoms with van der Waals surface area (Å²) in [4.78, 5) is 30.2. The molecule has 6 nitrogen and oxygen atoms in total. The van der Waals surface area contributed by atoms with E-state index in [1.54, 1.807) is 18.6 Å². The van der Waals surface area contributed by atoms with Gasteiger partial charge < -0.3 is 9.80 Å². The lowest BCUT2D eigenvalue weighted by atomic mass is 10.1. The van der Waals surface area contributed by atoms with Crippen LogP contribution in [0.2, 0.25) is 0 Å². The molecule has 1 fully saturated rings. The first-order valence-electron chi connectivity index (χ1n) is 8.89. The van der Waals surface area contributed by atoms with Gasteiger partial charge in [0.25, 0.3) is 5.91 Å². The fraction of sp³-hybridized carbons (Fsp3) is 0.300. The van der Waals surface area contributed by atoms with Crippen molar-refractivity contribution >= 4 is 22.6 Å². The molecule has 2 aromatic heterocycles. The number of hydrogen-bond donors (Lipinski definition) is 0. The van der Waals surface area contributed by atoms with Crippen LogP contribution in [0.1, 0.15) is 22.5 Å². The van der Waals surface area contributed by atoms with E-state index in [0.717, 1.165) is 54.0 Å². The van der Waals surface area contributed by atoms with Crippen LogP contribution in [0, 0.1) is 6.92 Å². The average Bonchev–Trinajstić information content (AvgIpc) is 2.93. The molecule has 1 aromatic carbocycles. The zero-order valence-corrected chi connectivity index (χ0v) is 14.8. The summed E-state index contributed by atoms with van der Waals surface area (Å²) in [5.74, 6) is 0.993. The summed E-state index contributed by atoms with van der Waals surface area (Å²) in [5.41, 5.74) is 2.55. The number of amides is 1. The highest BCUT2D eigenvalue weighted by Gasteiger charge is 2.22. The fourth-order valence-corrected chi connectivity index (χ4v) is 3.43. The quantitative estimate of drug-likeness (QED) is 0.713. The Bertz CT molecular complexity index is 942. The Hall–Kier alpha value is -3.02. The highest BCUT2D eigenvalue weighted by molar-refractivity contribution is 5.98. The third-order valence-corrected chi connectivity index (χ3v) is 4.79. The van der Waals surface area contributed by atoms with Crippen molar-refractivity contribution in [3.8, 4) is 0 Å². The van der Waals surface area contributed by atoms with Gasteiger partial charge in [-0.05, 0) is 37.6 Å². The van der Waals surface area contributed by atoms with E-state index in [4.69, 9.17) is 0 Å². The number of benzene rings is 1. The number of aryl methyl sites for hydroxylation is 1. The van der Waals surface area contributed by atoms with E-state index in [-0.39, 0.29) is 5.91 Å². The third kappa shape index (κ3) is 3.22. The Kier molecular flexibility index (Phi) is 4.48. The van der Waals surface area contributed by atoms with Crippen molar-refractivity contribution in [1.82, 2.24) is 19.9 Å². The van der Waals surface area contributed by atoms with Gasteiger partial charge in [-0.2, -0.15) is 0 Å². The molecule has 3 aromatic rings. The molecule has 0 atom stereocenters. The van der Waals surface area contributed by atoms with Gasteiger partial charge in [0.1, 0.15) is 5.82 Å². The molecule has 26 heavy (non-hydrogen) atoms. The summed E-state index contributed by atoms with van der Waals surface area (Å²) in [6.07, 6.45) is 6.11. The Balaban J connectivity index is 1.51. The molecule has 132 valence electrons. The molecule has 1 aliphatic rings. The van der Waals surface area contributed by atoms with Crippen molar-refractivity contribution < 1.29 is 4.79 Å². The molecule has 0 bridgehead atoms. The first kappa shape index (κ1) is 16.4. The molecule has 0 aliphatic carbocycles. The van der Waals surface area contributed by atoms with Crippen LogP contribution in [0.5, 0.6) is 0 Å². The standard InChI is InChI=1S/C20H21N5O/c1-15-19(23-9-8-21-15)24-10-3-11-25(13-12-24)20(26)17-5-6-18-16(14-17)4-2-7-22-18/h2,4-9,14H,3,10-13H2,1H3. The SMILES string of the molecule is Cc1nccnc1N1CCCN(C(=O)c2ccc3ncccc3c2)CC1. The Morgan fingerprint density at radius 2 is 1.85 bits per heavy atom. The largest absolute Gasteiger partial charge is 0.353 e. The van der Waals surface area contributed by atoms with Gasteiger partial charge in [0.2, 0.25) is 0 Å². The van der Waals surface area contributed by atoms with Crippen LogP contribution in [0.25, 0.3) is 10.9 Å². The maximum atomic E-state index is 13.0. The molecule has 4 rings (SSSR count). The molecule has 0 radical (unpaired) electrons. The molecule has 3 heterocycles. The van der Waals surface area contributed by atoms with E-state index in [9.17, 15) is 4.79 Å². The van der Waals surface area contributed by atoms with Gasteiger partial charge in [-0.25, -0.2) is 4.98 Å². The number of aromatic nitrogens is 3. The number of nitrogens with zero attached hydrogens (tertiary/aromatic N) is 5. The molecule has 0 N–H and O–H groups in total. The molecular weight excluding hydrogens is 326 g/mol. The zero-order valence-electron chi connectivity index (χ0n) is 14.8. The van der Waals surface area contributed by atoms with Crippen LogP contribution in [-0.4, -0.2) is 51.9 Å². The zero-order chi connectivity index (χ0) is 17.9. The molecule has 1 aliphatic heterocycles. The van der Waals surface area contributed by atoms with E-state index in [1.165, 1.54) is 0 Å². The maximum absolute atomic E-state index is 13.0. The number of carbonyl (C=O) groups is 1.